The Labute approximate surface area is 70.1 Å². The van der Waals surface area contributed by atoms with Crippen molar-refractivity contribution in [3.05, 3.63) is 24.0 Å². The molecular weight excluding hydrogens is 156 g/mol. The maximum atomic E-state index is 10.7. The molecule has 1 amide bonds. The predicted octanol–water partition coefficient (Wildman–Crippen LogP) is 0.806. The number of hydrogen-bond acceptors (Lipinski definition) is 2. The molecular formula is C8H10N2O2. The number of aromatic nitrogens is 1. The first-order chi connectivity index (χ1) is 5.77. The van der Waals surface area contributed by atoms with E-state index in [0.29, 0.717) is 6.61 Å². The number of carbonyl (C=O) groups excluding carboxylic acids is 1. The lowest BCUT2D eigenvalue weighted by molar-refractivity contribution is 0.176. The van der Waals surface area contributed by atoms with Gasteiger partial charge in [-0.25, -0.2) is 4.79 Å². The number of alkyl carbamates (subject to hydrolysis) is 1. The molecule has 0 saturated carbocycles. The normalized spacial score (nSPS) is 22.1. The minimum absolute atomic E-state index is 0.0116. The molecule has 0 bridgehead atoms. The third-order valence-electron chi connectivity index (χ3n) is 2.01. The third-order valence-corrected chi connectivity index (χ3v) is 2.01. The first kappa shape index (κ1) is 7.21. The summed E-state index contributed by atoms with van der Waals surface area (Å²) in [5.74, 6) is 0. The fourth-order valence-electron chi connectivity index (χ4n) is 1.38. The average Bonchev–Trinajstić information content (AvgIpc) is 2.58. The lowest BCUT2D eigenvalue weighted by Crippen LogP contribution is -2.20. The number of carbonyl (C=O) groups is 1. The van der Waals surface area contributed by atoms with Crippen molar-refractivity contribution >= 4 is 6.09 Å². The zero-order valence-electron chi connectivity index (χ0n) is 6.78. The number of rotatable bonds is 1. The molecule has 1 N–H and O–H groups in total. The summed E-state index contributed by atoms with van der Waals surface area (Å²) in [5.41, 5.74) is 1.07. The summed E-state index contributed by atoms with van der Waals surface area (Å²) in [5, 5.41) is 2.72. The molecule has 0 aliphatic carbocycles. The van der Waals surface area contributed by atoms with Crippen LogP contribution >= 0.6 is 0 Å². The van der Waals surface area contributed by atoms with Gasteiger partial charge in [0.15, 0.2) is 0 Å². The second-order valence-electron chi connectivity index (χ2n) is 2.84. The molecule has 1 aromatic rings. The molecule has 1 aliphatic rings. The Morgan fingerprint density at radius 3 is 3.08 bits per heavy atom. The zero-order chi connectivity index (χ0) is 8.55. The number of ether oxygens (including phenoxy) is 1. The zero-order valence-corrected chi connectivity index (χ0v) is 6.78. The van der Waals surface area contributed by atoms with Crippen LogP contribution in [0.15, 0.2) is 18.3 Å². The molecule has 1 atom stereocenters. The van der Waals surface area contributed by atoms with E-state index in [0.717, 1.165) is 5.69 Å². The van der Waals surface area contributed by atoms with Crippen LogP contribution in [0.1, 0.15) is 11.7 Å². The summed E-state index contributed by atoms with van der Waals surface area (Å²) in [6.45, 7) is 0.427. The minimum atomic E-state index is -0.332. The summed E-state index contributed by atoms with van der Waals surface area (Å²) in [7, 11) is 1.94. The first-order valence-corrected chi connectivity index (χ1v) is 3.82. The van der Waals surface area contributed by atoms with Crippen LogP contribution in [0.25, 0.3) is 0 Å². The van der Waals surface area contributed by atoms with Crippen LogP contribution in [-0.2, 0) is 11.8 Å². The van der Waals surface area contributed by atoms with Crippen LogP contribution in [0.2, 0.25) is 0 Å². The quantitative estimate of drug-likeness (QED) is 0.670. The van der Waals surface area contributed by atoms with E-state index in [1.165, 1.54) is 0 Å². The van der Waals surface area contributed by atoms with Gasteiger partial charge in [-0.15, -0.1) is 0 Å². The summed E-state index contributed by atoms with van der Waals surface area (Å²) < 4.78 is 6.75. The van der Waals surface area contributed by atoms with Crippen LogP contribution in [0.3, 0.4) is 0 Å². The van der Waals surface area contributed by atoms with Crippen molar-refractivity contribution in [3.8, 4) is 0 Å². The average molecular weight is 166 g/mol. The van der Waals surface area contributed by atoms with Crippen molar-refractivity contribution in [2.75, 3.05) is 6.61 Å². The van der Waals surface area contributed by atoms with E-state index in [1.54, 1.807) is 0 Å². The molecule has 2 rings (SSSR count). The number of hydrogen-bond donors (Lipinski definition) is 1. The van der Waals surface area contributed by atoms with E-state index in [-0.39, 0.29) is 12.1 Å². The largest absolute Gasteiger partial charge is 0.447 e. The van der Waals surface area contributed by atoms with Gasteiger partial charge >= 0.3 is 6.09 Å². The van der Waals surface area contributed by atoms with E-state index in [9.17, 15) is 4.79 Å². The van der Waals surface area contributed by atoms with Gasteiger partial charge in [-0.1, -0.05) is 0 Å². The summed E-state index contributed by atoms with van der Waals surface area (Å²) in [6.07, 6.45) is 1.61. The number of amides is 1. The third kappa shape index (κ3) is 1.05. The monoisotopic (exact) mass is 166 g/mol. The molecule has 2 heterocycles. The lowest BCUT2D eigenvalue weighted by atomic mass is 10.2. The van der Waals surface area contributed by atoms with Gasteiger partial charge in [-0.2, -0.15) is 0 Å². The molecule has 1 fully saturated rings. The number of nitrogens with zero attached hydrogens (tertiary/aromatic N) is 1. The van der Waals surface area contributed by atoms with Crippen molar-refractivity contribution in [2.24, 2.45) is 7.05 Å². The standard InChI is InChI=1S/C8H10N2O2/c1-10-4-2-3-7(10)6-5-12-8(11)9-6/h2-4,6H,5H2,1H3,(H,9,11)/t6-/m0/s1. The SMILES string of the molecule is Cn1cccc1[C@@H]1COC(=O)N1. The lowest BCUT2D eigenvalue weighted by Gasteiger charge is -2.07. The Balaban J connectivity index is 2.21. The van der Waals surface area contributed by atoms with Gasteiger partial charge in [0.2, 0.25) is 0 Å². The van der Waals surface area contributed by atoms with Crippen molar-refractivity contribution < 1.29 is 9.53 Å². The van der Waals surface area contributed by atoms with Crippen LogP contribution in [0.5, 0.6) is 0 Å². The predicted molar refractivity (Wildman–Crippen MR) is 42.6 cm³/mol. The van der Waals surface area contributed by atoms with E-state index in [4.69, 9.17) is 4.74 Å². The van der Waals surface area contributed by atoms with Crippen molar-refractivity contribution in [2.45, 2.75) is 6.04 Å². The van der Waals surface area contributed by atoms with E-state index in [1.807, 2.05) is 29.9 Å². The molecule has 64 valence electrons. The van der Waals surface area contributed by atoms with Crippen molar-refractivity contribution in [3.63, 3.8) is 0 Å². The second-order valence-corrected chi connectivity index (χ2v) is 2.84. The highest BCUT2D eigenvalue weighted by molar-refractivity contribution is 5.69. The van der Waals surface area contributed by atoms with Gasteiger partial charge in [0.25, 0.3) is 0 Å². The number of aryl methyl sites for hydroxylation is 1. The van der Waals surface area contributed by atoms with Crippen molar-refractivity contribution in [1.82, 2.24) is 9.88 Å². The number of cyclic esters (lactones) is 1. The molecule has 0 aromatic carbocycles. The topological polar surface area (TPSA) is 43.3 Å². The van der Waals surface area contributed by atoms with Gasteiger partial charge in [0.05, 0.1) is 0 Å². The highest BCUT2D eigenvalue weighted by Crippen LogP contribution is 2.17. The van der Waals surface area contributed by atoms with Gasteiger partial charge in [-0.3, -0.25) is 0 Å². The van der Waals surface area contributed by atoms with Gasteiger partial charge in [0.1, 0.15) is 12.6 Å². The second kappa shape index (κ2) is 2.55. The molecule has 1 saturated heterocycles. The van der Waals surface area contributed by atoms with E-state index >= 15 is 0 Å². The molecule has 12 heavy (non-hydrogen) atoms. The Morgan fingerprint density at radius 1 is 1.75 bits per heavy atom. The highest BCUT2D eigenvalue weighted by atomic mass is 16.6. The van der Waals surface area contributed by atoms with Crippen LogP contribution in [-0.4, -0.2) is 17.3 Å². The Morgan fingerprint density at radius 2 is 2.58 bits per heavy atom. The number of nitrogens with one attached hydrogen (secondary N) is 1. The Hall–Kier alpha value is -1.45. The fourth-order valence-corrected chi connectivity index (χ4v) is 1.38. The maximum Gasteiger partial charge on any atom is 0.407 e. The van der Waals surface area contributed by atoms with Crippen LogP contribution in [0.4, 0.5) is 4.79 Å². The first-order valence-electron chi connectivity index (χ1n) is 3.82. The summed E-state index contributed by atoms with van der Waals surface area (Å²) in [6, 6.07) is 3.93. The van der Waals surface area contributed by atoms with E-state index in [2.05, 4.69) is 5.32 Å². The van der Waals surface area contributed by atoms with E-state index < -0.39 is 0 Å². The fraction of sp³-hybridized carbons (Fsp3) is 0.375. The molecule has 1 aliphatic heterocycles. The van der Waals surface area contributed by atoms with Gasteiger partial charge in [0, 0.05) is 18.9 Å². The summed E-state index contributed by atoms with van der Waals surface area (Å²) >= 11 is 0. The van der Waals surface area contributed by atoms with Gasteiger partial charge in [-0.05, 0) is 12.1 Å². The summed E-state index contributed by atoms with van der Waals surface area (Å²) in [4.78, 5) is 10.7. The Bertz CT molecular complexity index is 306. The van der Waals surface area contributed by atoms with Crippen LogP contribution in [0, 0.1) is 0 Å². The molecule has 1 aromatic heterocycles. The Kier molecular flexibility index (Phi) is 1.53. The molecule has 4 heteroatoms. The van der Waals surface area contributed by atoms with Crippen molar-refractivity contribution in [1.29, 1.82) is 0 Å². The smallest absolute Gasteiger partial charge is 0.407 e. The highest BCUT2D eigenvalue weighted by Gasteiger charge is 2.24. The molecule has 4 nitrogen and oxygen atoms in total. The van der Waals surface area contributed by atoms with Crippen LogP contribution < -0.4 is 5.32 Å². The molecule has 0 radical (unpaired) electrons. The molecule has 0 spiro atoms. The minimum Gasteiger partial charge on any atom is -0.447 e. The van der Waals surface area contributed by atoms with Gasteiger partial charge < -0.3 is 14.6 Å². The molecule has 0 unspecified atom stereocenters. The maximum absolute atomic E-state index is 10.7.